The van der Waals surface area contributed by atoms with Gasteiger partial charge in [-0.15, -0.1) is 0 Å². The summed E-state index contributed by atoms with van der Waals surface area (Å²) in [6.45, 7) is 1.54. The molecule has 11 heavy (non-hydrogen) atoms. The second-order valence-corrected chi connectivity index (χ2v) is 2.23. The second kappa shape index (κ2) is 2.61. The van der Waals surface area contributed by atoms with Crippen LogP contribution in [0.4, 0.5) is 5.82 Å². The van der Waals surface area contributed by atoms with Crippen LogP contribution in [0.2, 0.25) is 0 Å². The van der Waals surface area contributed by atoms with E-state index >= 15 is 0 Å². The maximum atomic E-state index is 10.4. The minimum atomic E-state index is -0.923. The highest BCUT2D eigenvalue weighted by molar-refractivity contribution is 5.71. The summed E-state index contributed by atoms with van der Waals surface area (Å²) in [6, 6.07) is 0.895. The molecule has 0 aliphatic rings. The van der Waals surface area contributed by atoms with Crippen molar-refractivity contribution in [2.45, 2.75) is 13.0 Å². The Balaban J connectivity index is 2.84. The Morgan fingerprint density at radius 1 is 1.91 bits per heavy atom. The van der Waals surface area contributed by atoms with Crippen LogP contribution in [0.1, 0.15) is 13.0 Å². The summed E-state index contributed by atoms with van der Waals surface area (Å²) < 4.78 is 1.30. The van der Waals surface area contributed by atoms with Gasteiger partial charge in [-0.25, -0.2) is 4.79 Å². The van der Waals surface area contributed by atoms with Gasteiger partial charge >= 0.3 is 5.97 Å². The van der Waals surface area contributed by atoms with Gasteiger partial charge in [0.1, 0.15) is 11.9 Å². The molecule has 0 saturated carbocycles. The maximum absolute atomic E-state index is 10.4. The highest BCUT2D eigenvalue weighted by atomic mass is 16.4. The Labute approximate surface area is 63.4 Å². The first-order valence-electron chi connectivity index (χ1n) is 3.14. The molecule has 0 fully saturated rings. The van der Waals surface area contributed by atoms with E-state index in [-0.39, 0.29) is 0 Å². The van der Waals surface area contributed by atoms with Crippen molar-refractivity contribution in [1.82, 2.24) is 9.78 Å². The summed E-state index contributed by atoms with van der Waals surface area (Å²) in [5.74, 6) is -0.591. The number of anilines is 1. The van der Waals surface area contributed by atoms with E-state index < -0.39 is 12.0 Å². The van der Waals surface area contributed by atoms with E-state index in [2.05, 4.69) is 5.10 Å². The molecule has 1 aromatic rings. The summed E-state index contributed by atoms with van der Waals surface area (Å²) in [4.78, 5) is 10.4. The van der Waals surface area contributed by atoms with Gasteiger partial charge in [0, 0.05) is 6.20 Å². The van der Waals surface area contributed by atoms with E-state index in [4.69, 9.17) is 10.8 Å². The van der Waals surface area contributed by atoms with Crippen LogP contribution in [0, 0.1) is 0 Å². The van der Waals surface area contributed by atoms with E-state index in [1.807, 2.05) is 0 Å². The van der Waals surface area contributed by atoms with Crippen LogP contribution in [-0.4, -0.2) is 20.9 Å². The molecule has 0 aromatic carbocycles. The van der Waals surface area contributed by atoms with Crippen LogP contribution in [0.25, 0.3) is 0 Å². The standard InChI is InChI=1S/C6H9N3O2/c1-4(6(10)11)9-3-2-5(7)8-9/h2-4H,1H3,(H2,7,8)(H,10,11). The molecule has 0 aliphatic heterocycles. The van der Waals surface area contributed by atoms with Crippen LogP contribution in [0.15, 0.2) is 12.3 Å². The molecule has 0 aliphatic carbocycles. The first-order chi connectivity index (χ1) is 5.11. The van der Waals surface area contributed by atoms with Gasteiger partial charge in [0.15, 0.2) is 0 Å². The molecule has 5 heteroatoms. The van der Waals surface area contributed by atoms with Gasteiger partial charge in [-0.1, -0.05) is 0 Å². The summed E-state index contributed by atoms with van der Waals surface area (Å²) in [5.41, 5.74) is 5.29. The highest BCUT2D eigenvalue weighted by Crippen LogP contribution is 2.05. The number of nitrogen functional groups attached to an aromatic ring is 1. The van der Waals surface area contributed by atoms with E-state index in [1.165, 1.54) is 17.8 Å². The van der Waals surface area contributed by atoms with Crippen LogP contribution < -0.4 is 5.73 Å². The number of aromatic nitrogens is 2. The molecule has 0 spiro atoms. The topological polar surface area (TPSA) is 81.1 Å². The molecule has 0 radical (unpaired) electrons. The molecule has 1 rings (SSSR count). The highest BCUT2D eigenvalue weighted by Gasteiger charge is 2.12. The average molecular weight is 155 g/mol. The van der Waals surface area contributed by atoms with E-state index in [9.17, 15) is 4.79 Å². The number of nitrogens with two attached hydrogens (primary N) is 1. The Morgan fingerprint density at radius 2 is 2.55 bits per heavy atom. The number of carboxylic acids is 1. The third-order valence-corrected chi connectivity index (χ3v) is 1.38. The molecule has 1 atom stereocenters. The Morgan fingerprint density at radius 3 is 2.91 bits per heavy atom. The second-order valence-electron chi connectivity index (χ2n) is 2.23. The lowest BCUT2D eigenvalue weighted by Gasteiger charge is -2.04. The molecule has 1 unspecified atom stereocenters. The molecule has 0 saturated heterocycles. The van der Waals surface area contributed by atoms with Gasteiger partial charge in [0.05, 0.1) is 0 Å². The smallest absolute Gasteiger partial charge is 0.328 e. The number of hydrogen-bond donors (Lipinski definition) is 2. The van der Waals surface area contributed by atoms with Crippen LogP contribution >= 0.6 is 0 Å². The maximum Gasteiger partial charge on any atom is 0.328 e. The number of aliphatic carboxylic acids is 1. The van der Waals surface area contributed by atoms with Gasteiger partial charge in [0.2, 0.25) is 0 Å². The summed E-state index contributed by atoms with van der Waals surface area (Å²) in [5, 5.41) is 12.3. The zero-order valence-corrected chi connectivity index (χ0v) is 6.06. The van der Waals surface area contributed by atoms with Gasteiger partial charge in [-0.2, -0.15) is 5.10 Å². The number of carbonyl (C=O) groups is 1. The van der Waals surface area contributed by atoms with Crippen molar-refractivity contribution in [3.63, 3.8) is 0 Å². The van der Waals surface area contributed by atoms with Crippen molar-refractivity contribution in [2.24, 2.45) is 0 Å². The van der Waals surface area contributed by atoms with Crippen LogP contribution in [0.3, 0.4) is 0 Å². The number of hydrogen-bond acceptors (Lipinski definition) is 3. The van der Waals surface area contributed by atoms with Crippen LogP contribution in [0.5, 0.6) is 0 Å². The molecule has 1 aromatic heterocycles. The molecule has 5 nitrogen and oxygen atoms in total. The molecule has 60 valence electrons. The predicted molar refractivity (Wildman–Crippen MR) is 39.0 cm³/mol. The lowest BCUT2D eigenvalue weighted by molar-refractivity contribution is -0.140. The number of rotatable bonds is 2. The summed E-state index contributed by atoms with van der Waals surface area (Å²) >= 11 is 0. The minimum absolute atomic E-state index is 0.332. The zero-order chi connectivity index (χ0) is 8.43. The van der Waals surface area contributed by atoms with Crippen LogP contribution in [-0.2, 0) is 4.79 Å². The Bertz CT molecular complexity index is 269. The Hall–Kier alpha value is -1.52. The summed E-state index contributed by atoms with van der Waals surface area (Å²) in [6.07, 6.45) is 1.54. The summed E-state index contributed by atoms with van der Waals surface area (Å²) in [7, 11) is 0. The lowest BCUT2D eigenvalue weighted by Crippen LogP contribution is -2.16. The first kappa shape index (κ1) is 7.59. The van der Waals surface area contributed by atoms with E-state index in [1.54, 1.807) is 6.07 Å². The minimum Gasteiger partial charge on any atom is -0.480 e. The van der Waals surface area contributed by atoms with Crippen molar-refractivity contribution >= 4 is 11.8 Å². The average Bonchev–Trinajstić information content (AvgIpc) is 2.34. The van der Waals surface area contributed by atoms with Crippen molar-refractivity contribution in [3.8, 4) is 0 Å². The largest absolute Gasteiger partial charge is 0.480 e. The SMILES string of the molecule is CC(C(=O)O)n1ccc(N)n1. The molecule has 1 heterocycles. The Kier molecular flexibility index (Phi) is 1.80. The normalized spacial score (nSPS) is 12.8. The third-order valence-electron chi connectivity index (χ3n) is 1.38. The fraction of sp³-hybridized carbons (Fsp3) is 0.333. The molecule has 0 bridgehead atoms. The monoisotopic (exact) mass is 155 g/mol. The lowest BCUT2D eigenvalue weighted by atomic mass is 10.4. The molecular formula is C6H9N3O2. The van der Waals surface area contributed by atoms with Gasteiger partial charge < -0.3 is 10.8 Å². The zero-order valence-electron chi connectivity index (χ0n) is 6.06. The van der Waals surface area contributed by atoms with E-state index in [0.717, 1.165) is 0 Å². The van der Waals surface area contributed by atoms with Gasteiger partial charge in [-0.05, 0) is 13.0 Å². The van der Waals surface area contributed by atoms with Crippen molar-refractivity contribution < 1.29 is 9.90 Å². The predicted octanol–water partition coefficient (Wildman–Crippen LogP) is 0.111. The third kappa shape index (κ3) is 1.49. The van der Waals surface area contributed by atoms with Crippen molar-refractivity contribution in [2.75, 3.05) is 5.73 Å². The fourth-order valence-electron chi connectivity index (χ4n) is 0.682. The number of nitrogens with zero attached hydrogens (tertiary/aromatic N) is 2. The first-order valence-corrected chi connectivity index (χ1v) is 3.14. The fourth-order valence-corrected chi connectivity index (χ4v) is 0.682. The van der Waals surface area contributed by atoms with E-state index in [0.29, 0.717) is 5.82 Å². The van der Waals surface area contributed by atoms with Gasteiger partial charge in [-0.3, -0.25) is 4.68 Å². The molecule has 0 amide bonds. The van der Waals surface area contributed by atoms with Gasteiger partial charge in [0.25, 0.3) is 0 Å². The number of carboxylic acid groups (broad SMARTS) is 1. The quantitative estimate of drug-likeness (QED) is 0.635. The molecular weight excluding hydrogens is 146 g/mol. The van der Waals surface area contributed by atoms with Crippen molar-refractivity contribution in [3.05, 3.63) is 12.3 Å². The van der Waals surface area contributed by atoms with Crippen molar-refractivity contribution in [1.29, 1.82) is 0 Å². The molecule has 3 N–H and O–H groups in total.